The van der Waals surface area contributed by atoms with Crippen LogP contribution in [0, 0.1) is 0 Å². The van der Waals surface area contributed by atoms with Crippen LogP contribution in [0.1, 0.15) is 44.6 Å². The number of thiophene rings is 1. The van der Waals surface area contributed by atoms with Crippen LogP contribution in [0.15, 0.2) is 5.16 Å². The summed E-state index contributed by atoms with van der Waals surface area (Å²) in [6.07, 6.45) is 1.91. The molecule has 0 unspecified atom stereocenters. The van der Waals surface area contributed by atoms with Crippen LogP contribution >= 0.6 is 23.1 Å². The molecule has 3 rings (SSSR count). The minimum absolute atomic E-state index is 0.101. The Morgan fingerprint density at radius 2 is 2.20 bits per heavy atom. The summed E-state index contributed by atoms with van der Waals surface area (Å²) >= 11 is 3.44. The molecule has 1 N–H and O–H groups in total. The zero-order valence-corrected chi connectivity index (χ0v) is 17.3. The summed E-state index contributed by atoms with van der Waals surface area (Å²) in [6, 6.07) is 0. The molecule has 138 valence electrons. The van der Waals surface area contributed by atoms with E-state index < -0.39 is 0 Å². The molecule has 0 fully saturated rings. The highest BCUT2D eigenvalue weighted by Gasteiger charge is 2.33. The quantitative estimate of drug-likeness (QED) is 0.433. The maximum atomic E-state index is 6.12. The first-order valence-electron chi connectivity index (χ1n) is 8.81. The molecule has 1 atom stereocenters. The lowest BCUT2D eigenvalue weighted by atomic mass is 9.90. The molecule has 25 heavy (non-hydrogen) atoms. The van der Waals surface area contributed by atoms with E-state index in [2.05, 4.69) is 33.0 Å². The summed E-state index contributed by atoms with van der Waals surface area (Å²) < 4.78 is 11.3. The highest BCUT2D eigenvalue weighted by molar-refractivity contribution is 7.99. The van der Waals surface area contributed by atoms with Gasteiger partial charge in [-0.2, -0.15) is 0 Å². The van der Waals surface area contributed by atoms with Gasteiger partial charge in [-0.1, -0.05) is 32.5 Å². The monoisotopic (exact) mass is 381 g/mol. The molecule has 0 bridgehead atoms. The van der Waals surface area contributed by atoms with Crippen LogP contribution in [0.5, 0.6) is 0 Å². The molecule has 0 amide bonds. The second kappa shape index (κ2) is 7.78. The number of thioether (sulfide) groups is 1. The molecule has 0 radical (unpaired) electrons. The number of ether oxygens (including phenoxy) is 2. The molecule has 0 aliphatic carbocycles. The van der Waals surface area contributed by atoms with E-state index in [1.165, 1.54) is 15.8 Å². The van der Waals surface area contributed by atoms with Gasteiger partial charge in [-0.3, -0.25) is 0 Å². The molecule has 3 heterocycles. The average Bonchev–Trinajstić information content (AvgIpc) is 2.92. The summed E-state index contributed by atoms with van der Waals surface area (Å²) in [5.74, 6) is 0.933. The van der Waals surface area contributed by atoms with E-state index in [4.69, 9.17) is 19.4 Å². The fraction of sp³-hybridized carbons (Fsp3) is 0.667. The predicted molar refractivity (Wildman–Crippen MR) is 106 cm³/mol. The van der Waals surface area contributed by atoms with Crippen molar-refractivity contribution in [1.82, 2.24) is 9.97 Å². The van der Waals surface area contributed by atoms with Gasteiger partial charge in [-0.15, -0.1) is 11.3 Å². The lowest BCUT2D eigenvalue weighted by molar-refractivity contribution is -0.0542. The highest BCUT2D eigenvalue weighted by atomic mass is 32.2. The van der Waals surface area contributed by atoms with E-state index in [0.717, 1.165) is 35.2 Å². The van der Waals surface area contributed by atoms with Gasteiger partial charge in [0.15, 0.2) is 5.16 Å². The Kier molecular flexibility index (Phi) is 5.88. The van der Waals surface area contributed by atoms with Crippen molar-refractivity contribution in [3.8, 4) is 0 Å². The van der Waals surface area contributed by atoms with Crippen LogP contribution in [0.2, 0.25) is 0 Å². The number of nitrogens with zero attached hydrogens (tertiary/aromatic N) is 2. The van der Waals surface area contributed by atoms with Crippen LogP contribution < -0.4 is 5.32 Å². The number of hydrogen-bond acceptors (Lipinski definition) is 7. The fourth-order valence-electron chi connectivity index (χ4n) is 2.94. The summed E-state index contributed by atoms with van der Waals surface area (Å²) in [6.45, 7) is 10.8. The minimum atomic E-state index is -0.101. The van der Waals surface area contributed by atoms with E-state index in [0.29, 0.717) is 18.5 Å². The number of methoxy groups -OCH3 is 1. The van der Waals surface area contributed by atoms with Crippen molar-refractivity contribution in [3.63, 3.8) is 0 Å². The van der Waals surface area contributed by atoms with Crippen molar-refractivity contribution in [1.29, 1.82) is 0 Å². The van der Waals surface area contributed by atoms with Gasteiger partial charge in [0.1, 0.15) is 10.6 Å². The minimum Gasteiger partial charge on any atom is -0.383 e. The normalized spacial score (nSPS) is 20.2. The van der Waals surface area contributed by atoms with Gasteiger partial charge < -0.3 is 14.8 Å². The first-order valence-corrected chi connectivity index (χ1v) is 10.5. The van der Waals surface area contributed by atoms with Crippen LogP contribution in [0.25, 0.3) is 10.2 Å². The molecule has 0 spiro atoms. The molecule has 2 aromatic rings. The van der Waals surface area contributed by atoms with Gasteiger partial charge in [-0.05, 0) is 18.9 Å². The Labute approximate surface area is 157 Å². The first kappa shape index (κ1) is 18.9. The van der Waals surface area contributed by atoms with Crippen molar-refractivity contribution in [3.05, 3.63) is 10.4 Å². The van der Waals surface area contributed by atoms with Gasteiger partial charge in [0.2, 0.25) is 0 Å². The Balaban J connectivity index is 2.06. The second-order valence-corrected chi connectivity index (χ2v) is 9.52. The van der Waals surface area contributed by atoms with Crippen molar-refractivity contribution in [2.45, 2.75) is 63.2 Å². The molecule has 0 saturated carbocycles. The number of hydrogen-bond donors (Lipinski definition) is 1. The molecule has 1 aliphatic heterocycles. The third-order valence-corrected chi connectivity index (χ3v) is 6.47. The van der Waals surface area contributed by atoms with Crippen LogP contribution in [0.3, 0.4) is 0 Å². The smallest absolute Gasteiger partial charge is 0.191 e. The highest BCUT2D eigenvalue weighted by Crippen LogP contribution is 2.42. The Hall–Kier alpha value is -0.890. The largest absolute Gasteiger partial charge is 0.383 e. The van der Waals surface area contributed by atoms with Crippen molar-refractivity contribution >= 4 is 39.1 Å². The molecular weight excluding hydrogens is 354 g/mol. The zero-order chi connectivity index (χ0) is 18.0. The molecule has 2 aromatic heterocycles. The molecule has 5 nitrogen and oxygen atoms in total. The molecule has 0 aromatic carbocycles. The topological polar surface area (TPSA) is 56.3 Å². The number of rotatable bonds is 7. The predicted octanol–water partition coefficient (Wildman–Crippen LogP) is 4.49. The lowest BCUT2D eigenvalue weighted by Gasteiger charge is -2.33. The maximum Gasteiger partial charge on any atom is 0.191 e. The van der Waals surface area contributed by atoms with Crippen LogP contribution in [-0.2, 0) is 22.5 Å². The Morgan fingerprint density at radius 3 is 2.88 bits per heavy atom. The van der Waals surface area contributed by atoms with Crippen LogP contribution in [-0.4, -0.2) is 41.1 Å². The maximum absolute atomic E-state index is 6.12. The van der Waals surface area contributed by atoms with Gasteiger partial charge in [0.25, 0.3) is 0 Å². The molecule has 0 saturated heterocycles. The SMILES string of the molecule is CC[C@@]1(C)Cc2c(sc3nc(SC(C)C)nc(NCCOC)c23)CO1. The summed E-state index contributed by atoms with van der Waals surface area (Å²) in [5.41, 5.74) is 1.26. The average molecular weight is 382 g/mol. The third kappa shape index (κ3) is 4.10. The third-order valence-electron chi connectivity index (χ3n) is 4.50. The molecule has 7 heteroatoms. The first-order chi connectivity index (χ1) is 12.0. The molecule has 1 aliphatic rings. The van der Waals surface area contributed by atoms with E-state index >= 15 is 0 Å². The number of fused-ring (bicyclic) bond motifs is 3. The van der Waals surface area contributed by atoms with E-state index in [9.17, 15) is 0 Å². The fourth-order valence-corrected chi connectivity index (χ4v) is 4.81. The number of aromatic nitrogens is 2. The lowest BCUT2D eigenvalue weighted by Crippen LogP contribution is -2.34. The summed E-state index contributed by atoms with van der Waals surface area (Å²) in [7, 11) is 1.72. The number of nitrogens with one attached hydrogen (secondary N) is 1. The van der Waals surface area contributed by atoms with Crippen molar-refractivity contribution < 1.29 is 9.47 Å². The standard InChI is InChI=1S/C18H27N3O2S2/c1-6-18(4)9-12-13(10-23-18)25-16-14(12)15(19-7-8-22-5)20-17(21-16)24-11(2)3/h11H,6-10H2,1-5H3,(H,19,20,21)/t18-/m0/s1. The van der Waals surface area contributed by atoms with E-state index in [1.54, 1.807) is 30.2 Å². The van der Waals surface area contributed by atoms with Crippen LogP contribution in [0.4, 0.5) is 5.82 Å². The zero-order valence-electron chi connectivity index (χ0n) is 15.6. The van der Waals surface area contributed by atoms with Gasteiger partial charge in [-0.25, -0.2) is 9.97 Å². The van der Waals surface area contributed by atoms with Crippen molar-refractivity contribution in [2.75, 3.05) is 25.6 Å². The van der Waals surface area contributed by atoms with Gasteiger partial charge in [0, 0.05) is 30.2 Å². The summed E-state index contributed by atoms with van der Waals surface area (Å²) in [4.78, 5) is 12.0. The van der Waals surface area contributed by atoms with E-state index in [1.807, 2.05) is 0 Å². The van der Waals surface area contributed by atoms with Crippen molar-refractivity contribution in [2.24, 2.45) is 0 Å². The molecular formula is C18H27N3O2S2. The Morgan fingerprint density at radius 1 is 1.40 bits per heavy atom. The number of anilines is 1. The summed E-state index contributed by atoms with van der Waals surface area (Å²) in [5, 5.41) is 5.92. The van der Waals surface area contributed by atoms with Gasteiger partial charge in [0.05, 0.1) is 24.2 Å². The Bertz CT molecular complexity index is 747. The van der Waals surface area contributed by atoms with E-state index in [-0.39, 0.29) is 5.60 Å². The second-order valence-electron chi connectivity index (χ2n) is 6.89. The van der Waals surface area contributed by atoms with Gasteiger partial charge >= 0.3 is 0 Å².